The first-order valence-corrected chi connectivity index (χ1v) is 6.56. The van der Waals surface area contributed by atoms with E-state index in [0.717, 1.165) is 28.4 Å². The lowest BCUT2D eigenvalue weighted by atomic mass is 9.88. The quantitative estimate of drug-likeness (QED) is 0.850. The van der Waals surface area contributed by atoms with Gasteiger partial charge in [0.2, 0.25) is 0 Å². The second-order valence-electron chi connectivity index (χ2n) is 4.52. The molecule has 86 valence electrons. The molecule has 1 aliphatic rings. The van der Waals surface area contributed by atoms with Crippen molar-refractivity contribution in [1.29, 1.82) is 0 Å². The Kier molecular flexibility index (Phi) is 2.57. The van der Waals surface area contributed by atoms with Crippen molar-refractivity contribution >= 4 is 15.9 Å². The van der Waals surface area contributed by atoms with E-state index in [0.29, 0.717) is 0 Å². The molecule has 0 radical (unpaired) electrons. The van der Waals surface area contributed by atoms with Gasteiger partial charge >= 0.3 is 0 Å². The Balaban J connectivity index is 2.12. The van der Waals surface area contributed by atoms with E-state index >= 15 is 0 Å². The molecule has 2 aromatic carbocycles. The van der Waals surface area contributed by atoms with E-state index < -0.39 is 5.60 Å². The van der Waals surface area contributed by atoms with E-state index in [1.54, 1.807) is 0 Å². The summed E-state index contributed by atoms with van der Waals surface area (Å²) in [5.41, 5.74) is 2.49. The minimum atomic E-state index is -0.808. The lowest BCUT2D eigenvalue weighted by molar-refractivity contribution is 0.0829. The molecule has 1 aliphatic carbocycles. The smallest absolute Gasteiger partial charge is 0.115 e. The fraction of sp³-hybridized carbons (Fsp3) is 0.200. The molecule has 0 spiro atoms. The summed E-state index contributed by atoms with van der Waals surface area (Å²) in [6.45, 7) is 0. The number of hydrogen-bond acceptors (Lipinski definition) is 1. The molecule has 0 saturated heterocycles. The van der Waals surface area contributed by atoms with Gasteiger partial charge in [-0.3, -0.25) is 0 Å². The molecule has 3 rings (SSSR count). The van der Waals surface area contributed by atoms with Gasteiger partial charge in [-0.2, -0.15) is 0 Å². The van der Waals surface area contributed by atoms with Crippen LogP contribution in [0.4, 0.5) is 0 Å². The molecule has 0 saturated carbocycles. The first kappa shape index (κ1) is 11.0. The molecule has 1 unspecified atom stereocenters. The van der Waals surface area contributed by atoms with Crippen molar-refractivity contribution in [1.82, 2.24) is 0 Å². The van der Waals surface area contributed by atoms with Crippen LogP contribution in [0.2, 0.25) is 0 Å². The predicted molar refractivity (Wildman–Crippen MR) is 71.9 cm³/mol. The number of hydrogen-bond donors (Lipinski definition) is 1. The van der Waals surface area contributed by atoms with Crippen molar-refractivity contribution in [3.8, 4) is 0 Å². The minimum absolute atomic E-state index is 0.772. The van der Waals surface area contributed by atoms with E-state index in [1.807, 2.05) is 42.5 Å². The highest BCUT2D eigenvalue weighted by molar-refractivity contribution is 9.10. The van der Waals surface area contributed by atoms with Gasteiger partial charge in [0.25, 0.3) is 0 Å². The van der Waals surface area contributed by atoms with Crippen molar-refractivity contribution in [2.45, 2.75) is 18.4 Å². The molecule has 0 heterocycles. The lowest BCUT2D eigenvalue weighted by Gasteiger charge is -2.24. The van der Waals surface area contributed by atoms with Gasteiger partial charge in [-0.05, 0) is 41.7 Å². The van der Waals surface area contributed by atoms with E-state index in [2.05, 4.69) is 22.0 Å². The van der Waals surface area contributed by atoms with Crippen molar-refractivity contribution in [3.05, 3.63) is 69.7 Å². The normalized spacial score (nSPS) is 22.5. The molecule has 0 aromatic heterocycles. The fourth-order valence-electron chi connectivity index (χ4n) is 2.62. The third kappa shape index (κ3) is 1.72. The summed E-state index contributed by atoms with van der Waals surface area (Å²) >= 11 is 3.42. The topological polar surface area (TPSA) is 20.2 Å². The summed E-state index contributed by atoms with van der Waals surface area (Å²) in [4.78, 5) is 0. The van der Waals surface area contributed by atoms with E-state index in [4.69, 9.17) is 0 Å². The molecular weight excluding hydrogens is 276 g/mol. The van der Waals surface area contributed by atoms with Crippen LogP contribution in [-0.4, -0.2) is 5.11 Å². The molecule has 0 bridgehead atoms. The van der Waals surface area contributed by atoms with Gasteiger partial charge in [0, 0.05) is 4.47 Å². The Morgan fingerprint density at radius 1 is 1.00 bits per heavy atom. The maximum Gasteiger partial charge on any atom is 0.115 e. The molecule has 2 aromatic rings. The fourth-order valence-corrected chi connectivity index (χ4v) is 2.88. The first-order chi connectivity index (χ1) is 8.20. The highest BCUT2D eigenvalue weighted by atomic mass is 79.9. The largest absolute Gasteiger partial charge is 0.380 e. The van der Waals surface area contributed by atoms with Gasteiger partial charge in [0.05, 0.1) is 0 Å². The summed E-state index contributed by atoms with van der Waals surface area (Å²) in [6, 6.07) is 16.1. The first-order valence-electron chi connectivity index (χ1n) is 5.77. The monoisotopic (exact) mass is 288 g/mol. The Labute approximate surface area is 109 Å². The van der Waals surface area contributed by atoms with Crippen molar-refractivity contribution in [3.63, 3.8) is 0 Å². The standard InChI is InChI=1S/C15H13BrO/c16-13-7-5-12(6-8-13)15(17)10-9-11-3-1-2-4-14(11)15/h1-8,17H,9-10H2. The SMILES string of the molecule is OC1(c2ccc(Br)cc2)CCc2ccccc21. The summed E-state index contributed by atoms with van der Waals surface area (Å²) in [5.74, 6) is 0. The molecule has 0 fully saturated rings. The van der Waals surface area contributed by atoms with Gasteiger partial charge in [0.1, 0.15) is 5.60 Å². The van der Waals surface area contributed by atoms with Crippen LogP contribution < -0.4 is 0 Å². The summed E-state index contributed by atoms with van der Waals surface area (Å²) in [6.07, 6.45) is 1.72. The zero-order valence-corrected chi connectivity index (χ0v) is 10.9. The second kappa shape index (κ2) is 3.97. The van der Waals surface area contributed by atoms with Crippen LogP contribution >= 0.6 is 15.9 Å². The summed E-state index contributed by atoms with van der Waals surface area (Å²) < 4.78 is 1.04. The molecule has 1 N–H and O–H groups in total. The van der Waals surface area contributed by atoms with Crippen LogP contribution in [0.15, 0.2) is 53.0 Å². The molecule has 0 amide bonds. The predicted octanol–water partition coefficient (Wildman–Crippen LogP) is 3.63. The van der Waals surface area contributed by atoms with Gasteiger partial charge in [0.15, 0.2) is 0 Å². The van der Waals surface area contributed by atoms with Gasteiger partial charge in [-0.1, -0.05) is 52.3 Å². The Hall–Kier alpha value is -1.12. The number of aryl methyl sites for hydroxylation is 1. The zero-order valence-electron chi connectivity index (χ0n) is 9.36. The van der Waals surface area contributed by atoms with Gasteiger partial charge in [-0.25, -0.2) is 0 Å². The van der Waals surface area contributed by atoms with E-state index in [1.165, 1.54) is 5.56 Å². The average Bonchev–Trinajstić information content (AvgIpc) is 2.70. The third-order valence-corrected chi connectivity index (χ3v) is 4.07. The third-order valence-electron chi connectivity index (χ3n) is 3.54. The minimum Gasteiger partial charge on any atom is -0.380 e. The van der Waals surface area contributed by atoms with Crippen molar-refractivity contribution in [2.24, 2.45) is 0 Å². The molecule has 2 heteroatoms. The summed E-state index contributed by atoms with van der Waals surface area (Å²) in [7, 11) is 0. The van der Waals surface area contributed by atoms with Crippen LogP contribution in [0.3, 0.4) is 0 Å². The van der Waals surface area contributed by atoms with Crippen molar-refractivity contribution < 1.29 is 5.11 Å². The number of halogens is 1. The van der Waals surface area contributed by atoms with Crippen LogP contribution in [0.1, 0.15) is 23.1 Å². The molecule has 1 atom stereocenters. The second-order valence-corrected chi connectivity index (χ2v) is 5.44. The number of rotatable bonds is 1. The molecule has 17 heavy (non-hydrogen) atoms. The van der Waals surface area contributed by atoms with E-state index in [9.17, 15) is 5.11 Å². The number of benzene rings is 2. The zero-order chi connectivity index (χ0) is 11.9. The lowest BCUT2D eigenvalue weighted by Crippen LogP contribution is -2.23. The van der Waals surface area contributed by atoms with Crippen LogP contribution in [0.25, 0.3) is 0 Å². The Morgan fingerprint density at radius 2 is 1.71 bits per heavy atom. The highest BCUT2D eigenvalue weighted by Crippen LogP contribution is 2.41. The molecule has 1 nitrogen and oxygen atoms in total. The molecular formula is C15H13BrO. The van der Waals surface area contributed by atoms with Crippen LogP contribution in [-0.2, 0) is 12.0 Å². The van der Waals surface area contributed by atoms with Crippen LogP contribution in [0, 0.1) is 0 Å². The average molecular weight is 289 g/mol. The van der Waals surface area contributed by atoms with Gasteiger partial charge < -0.3 is 5.11 Å². The summed E-state index contributed by atoms with van der Waals surface area (Å²) in [5, 5.41) is 10.9. The van der Waals surface area contributed by atoms with Crippen LogP contribution in [0.5, 0.6) is 0 Å². The maximum atomic E-state index is 10.9. The molecule has 0 aliphatic heterocycles. The van der Waals surface area contributed by atoms with E-state index in [-0.39, 0.29) is 0 Å². The van der Waals surface area contributed by atoms with Gasteiger partial charge in [-0.15, -0.1) is 0 Å². The Morgan fingerprint density at radius 3 is 2.47 bits per heavy atom. The Bertz CT molecular complexity index is 547. The number of fused-ring (bicyclic) bond motifs is 1. The number of aliphatic hydroxyl groups is 1. The highest BCUT2D eigenvalue weighted by Gasteiger charge is 2.37. The van der Waals surface area contributed by atoms with Crippen molar-refractivity contribution in [2.75, 3.05) is 0 Å². The maximum absolute atomic E-state index is 10.9.